The molecule has 1 heterocycles. The van der Waals surface area contributed by atoms with Crippen molar-refractivity contribution in [1.29, 1.82) is 0 Å². The van der Waals surface area contributed by atoms with Gasteiger partial charge in [0.05, 0.1) is 0 Å². The molecule has 1 saturated heterocycles. The van der Waals surface area contributed by atoms with Crippen LogP contribution in [0.15, 0.2) is 24.3 Å². The van der Waals surface area contributed by atoms with Gasteiger partial charge in [-0.15, -0.1) is 0 Å². The Labute approximate surface area is 97.0 Å². The monoisotopic (exact) mass is 226 g/mol. The number of piperidine rings is 1. The van der Waals surface area contributed by atoms with Crippen LogP contribution in [0.4, 0.5) is 5.69 Å². The molecule has 2 N–H and O–H groups in total. The van der Waals surface area contributed by atoms with Crippen LogP contribution in [0.5, 0.6) is 0 Å². The van der Waals surface area contributed by atoms with Crippen molar-refractivity contribution < 1.29 is 0 Å². The number of nitrogen functional groups attached to an aromatic ring is 1. The van der Waals surface area contributed by atoms with Gasteiger partial charge in [0.15, 0.2) is 0 Å². The van der Waals surface area contributed by atoms with Crippen LogP contribution in [-0.2, 0) is 0 Å². The predicted molar refractivity (Wildman–Crippen MR) is 67.2 cm³/mol. The minimum atomic E-state index is 0.721. The molecule has 0 aromatic heterocycles. The van der Waals surface area contributed by atoms with Crippen molar-refractivity contribution in [2.75, 3.05) is 25.9 Å². The van der Waals surface area contributed by atoms with Crippen LogP contribution in [0.1, 0.15) is 19.3 Å². The van der Waals surface area contributed by atoms with Gasteiger partial charge in [0.2, 0.25) is 0 Å². The smallest absolute Gasteiger partial charge is 0.0407 e. The Morgan fingerprint density at radius 2 is 1.60 bits per heavy atom. The molecule has 1 aromatic rings. The van der Waals surface area contributed by atoms with E-state index in [1.165, 1.54) is 32.4 Å². The first kappa shape index (κ1) is 12.3. The number of nitrogens with zero attached hydrogens (tertiary/aromatic N) is 1. The number of anilines is 1. The SMILES string of the molecule is CN1CCCCC1.Nc1ccc(Cl)cc1. The summed E-state index contributed by atoms with van der Waals surface area (Å²) in [6.07, 6.45) is 4.28. The molecule has 0 radical (unpaired) electrons. The maximum Gasteiger partial charge on any atom is 0.0407 e. The maximum absolute atomic E-state index is 5.56. The number of hydrogen-bond donors (Lipinski definition) is 1. The molecule has 1 fully saturated rings. The molecule has 0 atom stereocenters. The summed E-state index contributed by atoms with van der Waals surface area (Å²) in [6.45, 7) is 2.64. The quantitative estimate of drug-likeness (QED) is 0.689. The molecule has 84 valence electrons. The molecule has 0 aliphatic carbocycles. The lowest BCUT2D eigenvalue weighted by Crippen LogP contribution is -2.24. The van der Waals surface area contributed by atoms with Crippen molar-refractivity contribution in [1.82, 2.24) is 4.90 Å². The van der Waals surface area contributed by atoms with Gasteiger partial charge >= 0.3 is 0 Å². The second kappa shape index (κ2) is 6.70. The zero-order valence-electron chi connectivity index (χ0n) is 9.25. The summed E-state index contributed by atoms with van der Waals surface area (Å²) in [5, 5.41) is 0.721. The van der Waals surface area contributed by atoms with Crippen molar-refractivity contribution in [3.05, 3.63) is 29.3 Å². The first-order chi connectivity index (χ1) is 7.18. The fourth-order valence-corrected chi connectivity index (χ4v) is 1.64. The van der Waals surface area contributed by atoms with Gasteiger partial charge in [0.25, 0.3) is 0 Å². The largest absolute Gasteiger partial charge is 0.399 e. The highest BCUT2D eigenvalue weighted by atomic mass is 35.5. The summed E-state index contributed by atoms with van der Waals surface area (Å²) in [5.74, 6) is 0. The fourth-order valence-electron chi connectivity index (χ4n) is 1.51. The molecule has 1 aromatic carbocycles. The third kappa shape index (κ3) is 5.65. The summed E-state index contributed by atoms with van der Waals surface area (Å²) in [4.78, 5) is 2.39. The molecule has 1 aliphatic heterocycles. The Bertz CT molecular complexity index is 244. The standard InChI is InChI=1S/C6H6ClN.C6H13N/c7-5-1-3-6(8)4-2-5;1-7-5-3-2-4-6-7/h1-4H,8H2;2-6H2,1H3. The van der Waals surface area contributed by atoms with Gasteiger partial charge in [-0.2, -0.15) is 0 Å². The average Bonchev–Trinajstić information content (AvgIpc) is 2.25. The van der Waals surface area contributed by atoms with Gasteiger partial charge in [-0.05, 0) is 57.2 Å². The Balaban J connectivity index is 0.000000151. The number of hydrogen-bond acceptors (Lipinski definition) is 2. The Morgan fingerprint density at radius 1 is 1.07 bits per heavy atom. The van der Waals surface area contributed by atoms with Crippen molar-refractivity contribution in [2.45, 2.75) is 19.3 Å². The fraction of sp³-hybridized carbons (Fsp3) is 0.500. The Morgan fingerprint density at radius 3 is 1.93 bits per heavy atom. The van der Waals surface area contributed by atoms with Crippen molar-refractivity contribution in [2.24, 2.45) is 0 Å². The molecule has 0 unspecified atom stereocenters. The highest BCUT2D eigenvalue weighted by Crippen LogP contribution is 2.09. The lowest BCUT2D eigenvalue weighted by molar-refractivity contribution is 0.277. The van der Waals surface area contributed by atoms with Crippen LogP contribution in [0.3, 0.4) is 0 Å². The maximum atomic E-state index is 5.56. The third-order valence-electron chi connectivity index (χ3n) is 2.45. The van der Waals surface area contributed by atoms with Crippen molar-refractivity contribution >= 4 is 17.3 Å². The molecule has 3 heteroatoms. The van der Waals surface area contributed by atoms with E-state index in [2.05, 4.69) is 11.9 Å². The molecule has 0 amide bonds. The first-order valence-corrected chi connectivity index (χ1v) is 5.76. The molecular weight excluding hydrogens is 208 g/mol. The summed E-state index contributed by atoms with van der Waals surface area (Å²) in [6, 6.07) is 7.05. The molecule has 2 nitrogen and oxygen atoms in total. The summed E-state index contributed by atoms with van der Waals surface area (Å²) in [7, 11) is 2.19. The van der Waals surface area contributed by atoms with E-state index in [0.717, 1.165) is 10.7 Å². The minimum absolute atomic E-state index is 0.721. The van der Waals surface area contributed by atoms with Crippen LogP contribution in [0.25, 0.3) is 0 Å². The number of nitrogens with two attached hydrogens (primary N) is 1. The van der Waals surface area contributed by atoms with E-state index in [0.29, 0.717) is 0 Å². The van der Waals surface area contributed by atoms with Crippen LogP contribution < -0.4 is 5.73 Å². The number of rotatable bonds is 0. The number of halogens is 1. The average molecular weight is 227 g/mol. The van der Waals surface area contributed by atoms with E-state index in [1.807, 2.05) is 0 Å². The molecule has 0 bridgehead atoms. The summed E-state index contributed by atoms with van der Waals surface area (Å²) in [5.41, 5.74) is 6.11. The van der Waals surface area contributed by atoms with Crippen molar-refractivity contribution in [3.8, 4) is 0 Å². The van der Waals surface area contributed by atoms with E-state index in [9.17, 15) is 0 Å². The van der Waals surface area contributed by atoms with E-state index in [1.54, 1.807) is 24.3 Å². The molecule has 0 saturated carbocycles. The van der Waals surface area contributed by atoms with Gasteiger partial charge in [0, 0.05) is 10.7 Å². The van der Waals surface area contributed by atoms with Gasteiger partial charge in [-0.3, -0.25) is 0 Å². The van der Waals surface area contributed by atoms with Gasteiger partial charge in [-0.25, -0.2) is 0 Å². The van der Waals surface area contributed by atoms with Gasteiger partial charge in [0.1, 0.15) is 0 Å². The lowest BCUT2D eigenvalue weighted by atomic mass is 10.1. The zero-order chi connectivity index (χ0) is 11.1. The topological polar surface area (TPSA) is 29.3 Å². The predicted octanol–water partition coefficient (Wildman–Crippen LogP) is 3.02. The minimum Gasteiger partial charge on any atom is -0.399 e. The van der Waals surface area contributed by atoms with Crippen molar-refractivity contribution in [3.63, 3.8) is 0 Å². The Hall–Kier alpha value is -0.730. The molecule has 2 rings (SSSR count). The Kier molecular flexibility index (Phi) is 5.51. The van der Waals surface area contributed by atoms with Crippen LogP contribution in [0, 0.1) is 0 Å². The molecule has 1 aliphatic rings. The van der Waals surface area contributed by atoms with E-state index < -0.39 is 0 Å². The highest BCUT2D eigenvalue weighted by Gasteiger charge is 2.02. The van der Waals surface area contributed by atoms with Crippen LogP contribution in [0.2, 0.25) is 5.02 Å². The summed E-state index contributed by atoms with van der Waals surface area (Å²) >= 11 is 5.56. The zero-order valence-corrected chi connectivity index (χ0v) is 10.0. The van der Waals surface area contributed by atoms with Gasteiger partial charge < -0.3 is 10.6 Å². The lowest BCUT2D eigenvalue weighted by Gasteiger charge is -2.20. The first-order valence-electron chi connectivity index (χ1n) is 5.38. The number of likely N-dealkylation sites (tertiary alicyclic amines) is 1. The number of benzene rings is 1. The highest BCUT2D eigenvalue weighted by molar-refractivity contribution is 6.30. The second-order valence-electron chi connectivity index (χ2n) is 3.92. The summed E-state index contributed by atoms with van der Waals surface area (Å²) < 4.78 is 0. The molecule has 0 spiro atoms. The molecule has 15 heavy (non-hydrogen) atoms. The van der Waals surface area contributed by atoms with E-state index >= 15 is 0 Å². The van der Waals surface area contributed by atoms with Crippen LogP contribution >= 0.6 is 11.6 Å². The third-order valence-corrected chi connectivity index (χ3v) is 2.70. The second-order valence-corrected chi connectivity index (χ2v) is 4.35. The van der Waals surface area contributed by atoms with Crippen LogP contribution in [-0.4, -0.2) is 25.0 Å². The van der Waals surface area contributed by atoms with Gasteiger partial charge in [-0.1, -0.05) is 18.0 Å². The van der Waals surface area contributed by atoms with E-state index in [4.69, 9.17) is 17.3 Å². The van der Waals surface area contributed by atoms with E-state index in [-0.39, 0.29) is 0 Å². The normalized spacial score (nSPS) is 16.7. The molecular formula is C12H19ClN2.